The van der Waals surface area contributed by atoms with Crippen molar-refractivity contribution in [3.63, 3.8) is 0 Å². The van der Waals surface area contributed by atoms with Crippen molar-refractivity contribution in [1.82, 2.24) is 5.01 Å². The molecule has 2 amide bonds. The normalized spacial score (nSPS) is 10.5. The average Bonchev–Trinajstić information content (AvgIpc) is 2.26. The third-order valence-electron chi connectivity index (χ3n) is 2.11. The van der Waals surface area contributed by atoms with Crippen molar-refractivity contribution in [2.24, 2.45) is 11.8 Å². The summed E-state index contributed by atoms with van der Waals surface area (Å²) in [6.45, 7) is 3.22. The van der Waals surface area contributed by atoms with Gasteiger partial charge in [-0.05, 0) is 40.8 Å². The van der Waals surface area contributed by atoms with E-state index >= 15 is 0 Å². The van der Waals surface area contributed by atoms with E-state index in [0.29, 0.717) is 8.58 Å². The Bertz CT molecular complexity index is 463. The number of carbonyl (C=O) groups excluding carboxylic acids is 2. The molecular weight excluding hydrogens is 338 g/mol. The molecule has 0 aromatic heterocycles. The Morgan fingerprint density at radius 1 is 1.41 bits per heavy atom. The number of halogens is 2. The van der Waals surface area contributed by atoms with E-state index in [1.807, 2.05) is 22.6 Å². The van der Waals surface area contributed by atoms with Crippen LogP contribution in [0.25, 0.3) is 0 Å². The summed E-state index contributed by atoms with van der Waals surface area (Å²) in [6.07, 6.45) is 0. The number of nitrogens with zero attached hydrogens (tertiary/aromatic N) is 1. The van der Waals surface area contributed by atoms with E-state index < -0.39 is 23.5 Å². The summed E-state index contributed by atoms with van der Waals surface area (Å²) in [6, 6.07) is 4.10. The molecular formula is C11H12FIN2O2. The zero-order valence-electron chi connectivity index (χ0n) is 9.41. The lowest BCUT2D eigenvalue weighted by atomic mass is 10.1. The Morgan fingerprint density at radius 2 is 2.00 bits per heavy atom. The Kier molecular flexibility index (Phi) is 4.58. The summed E-state index contributed by atoms with van der Waals surface area (Å²) in [5, 5.41) is 0.454. The zero-order valence-corrected chi connectivity index (χ0v) is 11.6. The number of carbonyl (C=O) groups is 2. The van der Waals surface area contributed by atoms with Crippen LogP contribution < -0.4 is 5.84 Å². The molecule has 92 valence electrons. The minimum atomic E-state index is -0.836. The van der Waals surface area contributed by atoms with Crippen molar-refractivity contribution >= 4 is 34.4 Å². The van der Waals surface area contributed by atoms with E-state index in [4.69, 9.17) is 5.84 Å². The standard InChI is InChI=1S/C11H12FIN2O2/c1-6(2)10(16)15(14)11(17)8-4-3-7(13)5-9(8)12/h3-6H,14H2,1-2H3. The highest BCUT2D eigenvalue weighted by Crippen LogP contribution is 2.14. The van der Waals surface area contributed by atoms with Gasteiger partial charge in [0.2, 0.25) is 5.91 Å². The molecule has 0 saturated carbocycles. The molecule has 0 heterocycles. The number of benzene rings is 1. The lowest BCUT2D eigenvalue weighted by Crippen LogP contribution is -2.45. The summed E-state index contributed by atoms with van der Waals surface area (Å²) in [4.78, 5) is 23.3. The van der Waals surface area contributed by atoms with Gasteiger partial charge in [-0.15, -0.1) is 0 Å². The molecule has 6 heteroatoms. The number of amides is 2. The van der Waals surface area contributed by atoms with Crippen LogP contribution in [-0.2, 0) is 4.79 Å². The lowest BCUT2D eigenvalue weighted by Gasteiger charge is -2.17. The van der Waals surface area contributed by atoms with E-state index in [9.17, 15) is 14.0 Å². The Morgan fingerprint density at radius 3 is 2.47 bits per heavy atom. The lowest BCUT2D eigenvalue weighted by molar-refractivity contribution is -0.132. The van der Waals surface area contributed by atoms with Gasteiger partial charge >= 0.3 is 0 Å². The fraction of sp³-hybridized carbons (Fsp3) is 0.273. The molecule has 1 rings (SSSR count). The van der Waals surface area contributed by atoms with Crippen molar-refractivity contribution in [2.45, 2.75) is 13.8 Å². The third kappa shape index (κ3) is 3.22. The van der Waals surface area contributed by atoms with Crippen molar-refractivity contribution in [1.29, 1.82) is 0 Å². The molecule has 0 saturated heterocycles. The first-order valence-corrected chi connectivity index (χ1v) is 6.00. The molecule has 2 N–H and O–H groups in total. The molecule has 0 radical (unpaired) electrons. The Balaban J connectivity index is 3.01. The molecule has 0 unspecified atom stereocenters. The summed E-state index contributed by atoms with van der Waals surface area (Å²) in [7, 11) is 0. The van der Waals surface area contributed by atoms with Crippen LogP contribution in [0.5, 0.6) is 0 Å². The molecule has 1 aromatic carbocycles. The first kappa shape index (κ1) is 14.0. The number of hydrogen-bond acceptors (Lipinski definition) is 3. The van der Waals surface area contributed by atoms with Crippen LogP contribution >= 0.6 is 22.6 Å². The number of imide groups is 1. The first-order valence-electron chi connectivity index (χ1n) is 4.92. The van der Waals surface area contributed by atoms with Crippen molar-refractivity contribution < 1.29 is 14.0 Å². The van der Waals surface area contributed by atoms with E-state index in [0.717, 1.165) is 0 Å². The van der Waals surface area contributed by atoms with E-state index in [1.54, 1.807) is 19.9 Å². The quantitative estimate of drug-likeness (QED) is 0.384. The first-order chi connectivity index (χ1) is 7.84. The van der Waals surface area contributed by atoms with Crippen LogP contribution in [0.15, 0.2) is 18.2 Å². The maximum Gasteiger partial charge on any atom is 0.277 e. The van der Waals surface area contributed by atoms with Gasteiger partial charge in [0.05, 0.1) is 5.56 Å². The van der Waals surface area contributed by atoms with Crippen LogP contribution in [0, 0.1) is 15.3 Å². The molecule has 1 aromatic rings. The summed E-state index contributed by atoms with van der Waals surface area (Å²) in [5.74, 6) is 2.88. The minimum Gasteiger partial charge on any atom is -0.273 e. The molecule has 0 fully saturated rings. The predicted molar refractivity (Wildman–Crippen MR) is 69.3 cm³/mol. The van der Waals surface area contributed by atoms with Gasteiger partial charge in [-0.1, -0.05) is 13.8 Å². The van der Waals surface area contributed by atoms with Crippen molar-refractivity contribution in [3.05, 3.63) is 33.1 Å². The van der Waals surface area contributed by atoms with Gasteiger partial charge in [0.1, 0.15) is 5.82 Å². The van der Waals surface area contributed by atoms with Gasteiger partial charge < -0.3 is 0 Å². The molecule has 0 atom stereocenters. The highest BCUT2D eigenvalue weighted by atomic mass is 127. The van der Waals surface area contributed by atoms with E-state index in [2.05, 4.69) is 0 Å². The largest absolute Gasteiger partial charge is 0.277 e. The van der Waals surface area contributed by atoms with Crippen LogP contribution in [0.4, 0.5) is 4.39 Å². The van der Waals surface area contributed by atoms with Gasteiger partial charge in [0.25, 0.3) is 5.91 Å². The fourth-order valence-electron chi connectivity index (χ4n) is 1.17. The number of hydrazine groups is 1. The molecule has 0 bridgehead atoms. The van der Waals surface area contributed by atoms with Crippen molar-refractivity contribution in [2.75, 3.05) is 0 Å². The minimum absolute atomic E-state index is 0.207. The average molecular weight is 350 g/mol. The van der Waals surface area contributed by atoms with Gasteiger partial charge in [0.15, 0.2) is 0 Å². The Hall–Kier alpha value is -1.02. The third-order valence-corrected chi connectivity index (χ3v) is 2.78. The number of nitrogens with two attached hydrogens (primary N) is 1. The molecule has 17 heavy (non-hydrogen) atoms. The van der Waals surface area contributed by atoms with Gasteiger partial charge in [-0.25, -0.2) is 15.2 Å². The maximum absolute atomic E-state index is 13.5. The molecule has 4 nitrogen and oxygen atoms in total. The molecule has 0 aliphatic heterocycles. The van der Waals surface area contributed by atoms with Gasteiger partial charge in [-0.3, -0.25) is 9.59 Å². The monoisotopic (exact) mass is 350 g/mol. The fourth-order valence-corrected chi connectivity index (χ4v) is 1.62. The second-order valence-corrected chi connectivity index (χ2v) is 5.04. The second kappa shape index (κ2) is 5.54. The summed E-state index contributed by atoms with van der Waals surface area (Å²) < 4.78 is 14.2. The smallest absolute Gasteiger partial charge is 0.273 e. The second-order valence-electron chi connectivity index (χ2n) is 3.79. The maximum atomic E-state index is 13.5. The van der Waals surface area contributed by atoms with E-state index in [-0.39, 0.29) is 5.56 Å². The highest BCUT2D eigenvalue weighted by Gasteiger charge is 2.24. The number of rotatable bonds is 2. The Labute approximate surface area is 112 Å². The van der Waals surface area contributed by atoms with Gasteiger partial charge in [-0.2, -0.15) is 0 Å². The molecule has 0 aliphatic rings. The van der Waals surface area contributed by atoms with Crippen LogP contribution in [0.1, 0.15) is 24.2 Å². The molecule has 0 spiro atoms. The van der Waals surface area contributed by atoms with E-state index in [1.165, 1.54) is 12.1 Å². The highest BCUT2D eigenvalue weighted by molar-refractivity contribution is 14.1. The molecule has 0 aliphatic carbocycles. The van der Waals surface area contributed by atoms with Crippen LogP contribution in [-0.4, -0.2) is 16.8 Å². The predicted octanol–water partition coefficient (Wildman–Crippen LogP) is 1.93. The van der Waals surface area contributed by atoms with Crippen LogP contribution in [0.2, 0.25) is 0 Å². The zero-order chi connectivity index (χ0) is 13.2. The van der Waals surface area contributed by atoms with Crippen molar-refractivity contribution in [3.8, 4) is 0 Å². The number of hydrogen-bond donors (Lipinski definition) is 1. The SMILES string of the molecule is CC(C)C(=O)N(N)C(=O)c1ccc(I)cc1F. The van der Waals surface area contributed by atoms with Crippen LogP contribution in [0.3, 0.4) is 0 Å². The summed E-state index contributed by atoms with van der Waals surface area (Å²) in [5.41, 5.74) is -0.207. The topological polar surface area (TPSA) is 63.4 Å². The summed E-state index contributed by atoms with van der Waals surface area (Å²) >= 11 is 1.92. The van der Waals surface area contributed by atoms with Gasteiger partial charge in [0, 0.05) is 9.49 Å².